The fraction of sp³-hybridized carbons (Fsp3) is 0.720. The first-order valence-corrected chi connectivity index (χ1v) is 15.4. The molecule has 1 aliphatic heterocycles. The molecular weight excluding hydrogens is 436 g/mol. The second-order valence-corrected chi connectivity index (χ2v) is 17.1. The lowest BCUT2D eigenvalue weighted by molar-refractivity contribution is -0.149. The van der Waals surface area contributed by atoms with Crippen LogP contribution in [0.5, 0.6) is 0 Å². The molecule has 0 aliphatic carbocycles. The molecule has 0 saturated carbocycles. The van der Waals surface area contributed by atoms with Gasteiger partial charge in [-0.25, -0.2) is 4.90 Å². The van der Waals surface area contributed by atoms with Gasteiger partial charge in [-0.05, 0) is 41.5 Å². The highest BCUT2D eigenvalue weighted by Gasteiger charge is 2.42. The molecule has 0 saturated heterocycles. The summed E-state index contributed by atoms with van der Waals surface area (Å²) in [5.74, 6) is -0.274. The van der Waals surface area contributed by atoms with Crippen molar-refractivity contribution in [2.75, 3.05) is 26.2 Å². The van der Waals surface area contributed by atoms with Crippen molar-refractivity contribution in [3.63, 3.8) is 0 Å². The van der Waals surface area contributed by atoms with E-state index >= 15 is 0 Å². The molecule has 0 bridgehead atoms. The van der Waals surface area contributed by atoms with Gasteiger partial charge in [0.15, 0.2) is 0 Å². The van der Waals surface area contributed by atoms with Crippen LogP contribution in [0.1, 0.15) is 65.1 Å². The maximum absolute atomic E-state index is 12.3. The number of hydrogen-bond acceptors (Lipinski definition) is 7. The number of rotatable bonds is 10. The number of aliphatic hydroxyl groups excluding tert-OH is 2. The molecule has 8 heteroatoms. The van der Waals surface area contributed by atoms with Crippen LogP contribution in [0, 0.1) is 0 Å². The van der Waals surface area contributed by atoms with Gasteiger partial charge in [0.25, 0.3) is 0 Å². The number of hydrogen-bond donors (Lipinski definition) is 2. The summed E-state index contributed by atoms with van der Waals surface area (Å²) in [5.41, 5.74) is 1.13. The number of carbonyl (C=O) groups excluding carboxylic acids is 1. The molecule has 33 heavy (non-hydrogen) atoms. The molecular formula is C25H44N2O5Si. The summed E-state index contributed by atoms with van der Waals surface area (Å²) in [7, 11) is -1.72. The molecule has 2 rings (SSSR count). The largest absolute Gasteiger partial charge is 0.465 e. The highest BCUT2D eigenvalue weighted by molar-refractivity contribution is 6.78. The standard InChI is InChI=1S/C25H44N2O5Si/c1-10-31-21(28)17-26(24(2,3)4)15-18(32-25(5,6)33(7,8)9)16-27-22(29)19-13-11-12-14-20(19)23(27)30/h11-14,18,22-23,29-30H,10,15-17H2,1-9H3/t18-,22-,23-/m1/s1. The molecule has 0 aromatic heterocycles. The van der Waals surface area contributed by atoms with Crippen LogP contribution in [0.3, 0.4) is 0 Å². The van der Waals surface area contributed by atoms with Crippen LogP contribution in [0.25, 0.3) is 0 Å². The lowest BCUT2D eigenvalue weighted by Crippen LogP contribution is -2.57. The Morgan fingerprint density at radius 2 is 1.61 bits per heavy atom. The predicted octanol–water partition coefficient (Wildman–Crippen LogP) is 3.69. The zero-order chi connectivity index (χ0) is 25.2. The first-order chi connectivity index (χ1) is 15.1. The minimum atomic E-state index is -1.72. The molecule has 1 aliphatic rings. The van der Waals surface area contributed by atoms with Gasteiger partial charge in [-0.1, -0.05) is 43.9 Å². The lowest BCUT2D eigenvalue weighted by Gasteiger charge is -2.44. The highest BCUT2D eigenvalue weighted by Crippen LogP contribution is 2.39. The van der Waals surface area contributed by atoms with Crippen LogP contribution in [0.15, 0.2) is 24.3 Å². The summed E-state index contributed by atoms with van der Waals surface area (Å²) in [4.78, 5) is 16.1. The summed E-state index contributed by atoms with van der Waals surface area (Å²) in [6.45, 7) is 20.3. The van der Waals surface area contributed by atoms with E-state index in [1.54, 1.807) is 11.8 Å². The fourth-order valence-electron chi connectivity index (χ4n) is 3.82. The number of carbonyl (C=O) groups is 1. The van der Waals surface area contributed by atoms with E-state index in [1.807, 2.05) is 24.3 Å². The lowest BCUT2D eigenvalue weighted by atomic mass is 10.0. The number of fused-ring (bicyclic) bond motifs is 1. The number of esters is 1. The molecule has 0 unspecified atom stereocenters. The Labute approximate surface area is 200 Å². The zero-order valence-corrected chi connectivity index (χ0v) is 22.9. The molecule has 1 aromatic rings. The van der Waals surface area contributed by atoms with Gasteiger partial charge in [-0.15, -0.1) is 0 Å². The monoisotopic (exact) mass is 480 g/mol. The summed E-state index contributed by atoms with van der Waals surface area (Å²) in [5, 5.41) is 21.6. The zero-order valence-electron chi connectivity index (χ0n) is 21.9. The van der Waals surface area contributed by atoms with Crippen molar-refractivity contribution in [2.24, 2.45) is 0 Å². The molecule has 0 amide bonds. The third-order valence-electron chi connectivity index (χ3n) is 6.86. The molecule has 0 spiro atoms. The maximum Gasteiger partial charge on any atom is 0.320 e. The second kappa shape index (κ2) is 10.5. The average Bonchev–Trinajstić information content (AvgIpc) is 2.91. The van der Waals surface area contributed by atoms with E-state index in [0.717, 1.165) is 0 Å². The van der Waals surface area contributed by atoms with E-state index in [2.05, 4.69) is 59.2 Å². The molecule has 0 radical (unpaired) electrons. The summed E-state index contributed by atoms with van der Waals surface area (Å²) in [6, 6.07) is 7.41. The quantitative estimate of drug-likeness (QED) is 0.390. The first-order valence-electron chi connectivity index (χ1n) is 11.9. The summed E-state index contributed by atoms with van der Waals surface area (Å²) in [6.07, 6.45) is -2.17. The Morgan fingerprint density at radius 1 is 1.09 bits per heavy atom. The fourth-order valence-corrected chi connectivity index (χ4v) is 4.34. The van der Waals surface area contributed by atoms with E-state index in [1.165, 1.54) is 0 Å². The number of benzene rings is 1. The Balaban J connectivity index is 2.32. The van der Waals surface area contributed by atoms with Gasteiger partial charge in [0, 0.05) is 29.8 Å². The van der Waals surface area contributed by atoms with Crippen LogP contribution in [0.4, 0.5) is 0 Å². The van der Waals surface area contributed by atoms with Crippen LogP contribution < -0.4 is 0 Å². The van der Waals surface area contributed by atoms with Gasteiger partial charge in [0.1, 0.15) is 12.5 Å². The van der Waals surface area contributed by atoms with Crippen LogP contribution in [-0.2, 0) is 14.3 Å². The van der Waals surface area contributed by atoms with E-state index in [0.29, 0.717) is 30.8 Å². The predicted molar refractivity (Wildman–Crippen MR) is 133 cm³/mol. The minimum Gasteiger partial charge on any atom is -0.465 e. The van der Waals surface area contributed by atoms with E-state index in [-0.39, 0.29) is 29.4 Å². The second-order valence-electron chi connectivity index (χ2n) is 11.4. The van der Waals surface area contributed by atoms with Gasteiger partial charge in [-0.3, -0.25) is 9.69 Å². The average molecular weight is 481 g/mol. The van der Waals surface area contributed by atoms with Gasteiger partial charge < -0.3 is 19.7 Å². The highest BCUT2D eigenvalue weighted by atomic mass is 28.3. The van der Waals surface area contributed by atoms with Crippen molar-refractivity contribution >= 4 is 14.0 Å². The van der Waals surface area contributed by atoms with Gasteiger partial charge in [0.05, 0.1) is 32.6 Å². The molecule has 3 atom stereocenters. The van der Waals surface area contributed by atoms with Gasteiger partial charge in [0.2, 0.25) is 0 Å². The summed E-state index contributed by atoms with van der Waals surface area (Å²) < 4.78 is 11.9. The van der Waals surface area contributed by atoms with Crippen LogP contribution in [-0.4, -0.2) is 77.2 Å². The van der Waals surface area contributed by atoms with Crippen molar-refractivity contribution in [1.29, 1.82) is 0 Å². The van der Waals surface area contributed by atoms with Gasteiger partial charge in [-0.2, -0.15) is 0 Å². The first kappa shape index (κ1) is 27.9. The molecule has 1 aromatic carbocycles. The van der Waals surface area contributed by atoms with Crippen molar-refractivity contribution in [2.45, 2.75) is 90.5 Å². The summed E-state index contributed by atoms with van der Waals surface area (Å²) >= 11 is 0. The Kier molecular flexibility index (Phi) is 8.93. The maximum atomic E-state index is 12.3. The van der Waals surface area contributed by atoms with Crippen molar-refractivity contribution in [3.05, 3.63) is 35.4 Å². The Bertz CT molecular complexity index is 774. The third kappa shape index (κ3) is 6.87. The third-order valence-corrected chi connectivity index (χ3v) is 10.6. The van der Waals surface area contributed by atoms with Crippen molar-refractivity contribution < 1.29 is 24.5 Å². The smallest absolute Gasteiger partial charge is 0.320 e. The Hall–Kier alpha value is -1.29. The van der Waals surface area contributed by atoms with Crippen LogP contribution >= 0.6 is 0 Å². The topological polar surface area (TPSA) is 82.5 Å². The Morgan fingerprint density at radius 3 is 2.03 bits per heavy atom. The SMILES string of the molecule is CCOC(=O)CN(C[C@H](CN1[C@H](O)c2ccccc2[C@H]1O)OC(C)(C)[Si](C)(C)C)C(C)(C)C. The van der Waals surface area contributed by atoms with E-state index < -0.39 is 20.5 Å². The van der Waals surface area contributed by atoms with E-state index in [4.69, 9.17) is 9.47 Å². The normalized spacial score (nSPS) is 20.7. The number of ether oxygens (including phenoxy) is 2. The minimum absolute atomic E-state index is 0.149. The molecule has 7 nitrogen and oxygen atoms in total. The van der Waals surface area contributed by atoms with Crippen molar-refractivity contribution in [1.82, 2.24) is 9.80 Å². The molecule has 188 valence electrons. The molecule has 2 N–H and O–H groups in total. The number of aliphatic hydroxyl groups is 2. The molecule has 1 heterocycles. The number of nitrogens with zero attached hydrogens (tertiary/aromatic N) is 2. The van der Waals surface area contributed by atoms with Crippen LogP contribution in [0.2, 0.25) is 19.6 Å². The van der Waals surface area contributed by atoms with E-state index in [9.17, 15) is 15.0 Å². The van der Waals surface area contributed by atoms with Gasteiger partial charge >= 0.3 is 5.97 Å². The molecule has 0 fully saturated rings. The van der Waals surface area contributed by atoms with Crippen molar-refractivity contribution in [3.8, 4) is 0 Å².